The van der Waals surface area contributed by atoms with Gasteiger partial charge in [-0.3, -0.25) is 0 Å². The summed E-state index contributed by atoms with van der Waals surface area (Å²) in [4.78, 5) is 18.5. The van der Waals surface area contributed by atoms with Crippen molar-refractivity contribution >= 4 is 16.9 Å². The van der Waals surface area contributed by atoms with E-state index in [4.69, 9.17) is 14.2 Å². The first-order valence-corrected chi connectivity index (χ1v) is 10.3. The highest BCUT2D eigenvalue weighted by molar-refractivity contribution is 5.89. The second-order valence-corrected chi connectivity index (χ2v) is 8.77. The molecule has 2 heterocycles. The predicted octanol–water partition coefficient (Wildman–Crippen LogP) is 4.67. The Kier molecular flexibility index (Phi) is 6.35. The highest BCUT2D eigenvalue weighted by Gasteiger charge is 2.29. The molecule has 0 spiro atoms. The summed E-state index contributed by atoms with van der Waals surface area (Å²) in [7, 11) is 0. The van der Waals surface area contributed by atoms with Gasteiger partial charge in [-0.1, -0.05) is 0 Å². The lowest BCUT2D eigenvalue weighted by Crippen LogP contribution is -2.46. The highest BCUT2D eigenvalue weighted by Crippen LogP contribution is 2.32. The van der Waals surface area contributed by atoms with Crippen molar-refractivity contribution in [1.82, 2.24) is 9.88 Å². The van der Waals surface area contributed by atoms with E-state index in [2.05, 4.69) is 11.1 Å². The molecule has 1 fully saturated rings. The summed E-state index contributed by atoms with van der Waals surface area (Å²) in [6, 6.07) is 7.63. The maximum absolute atomic E-state index is 12.4. The third kappa shape index (κ3) is 5.32. The van der Waals surface area contributed by atoms with E-state index in [1.54, 1.807) is 17.2 Å². The van der Waals surface area contributed by atoms with Crippen LogP contribution in [0.1, 0.15) is 53.0 Å². The molecule has 2 aromatic rings. The number of nitrogens with zero attached hydrogens (tertiary/aromatic N) is 3. The van der Waals surface area contributed by atoms with Gasteiger partial charge in [0.1, 0.15) is 23.5 Å². The molecule has 7 heteroatoms. The molecule has 1 unspecified atom stereocenters. The van der Waals surface area contributed by atoms with Crippen molar-refractivity contribution in [1.29, 1.82) is 5.26 Å². The van der Waals surface area contributed by atoms with Crippen molar-refractivity contribution in [3.63, 3.8) is 0 Å². The second-order valence-electron chi connectivity index (χ2n) is 8.77. The Morgan fingerprint density at radius 1 is 1.33 bits per heavy atom. The molecule has 30 heavy (non-hydrogen) atoms. The van der Waals surface area contributed by atoms with Crippen molar-refractivity contribution in [2.45, 2.75) is 65.3 Å². The summed E-state index contributed by atoms with van der Waals surface area (Å²) in [5.74, 6) is 0.985. The van der Waals surface area contributed by atoms with Crippen LogP contribution < -0.4 is 9.47 Å². The van der Waals surface area contributed by atoms with Crippen LogP contribution in [0.4, 0.5) is 4.79 Å². The van der Waals surface area contributed by atoms with Gasteiger partial charge in [0.2, 0.25) is 5.88 Å². The summed E-state index contributed by atoms with van der Waals surface area (Å²) >= 11 is 0. The van der Waals surface area contributed by atoms with Crippen LogP contribution in [-0.2, 0) is 4.74 Å². The molecule has 1 aromatic heterocycles. The number of carbonyl (C=O) groups is 1. The summed E-state index contributed by atoms with van der Waals surface area (Å²) in [6.45, 7) is 10.5. The molecule has 3 rings (SSSR count). The molecular formula is C23H29N3O4. The Morgan fingerprint density at radius 2 is 2.10 bits per heavy atom. The Balaban J connectivity index is 1.83. The average molecular weight is 412 g/mol. The van der Waals surface area contributed by atoms with E-state index in [1.807, 2.05) is 46.8 Å². The van der Waals surface area contributed by atoms with E-state index in [0.717, 1.165) is 23.6 Å². The number of carbonyl (C=O) groups excluding carboxylic acids is 1. The Morgan fingerprint density at radius 3 is 2.77 bits per heavy atom. The van der Waals surface area contributed by atoms with Gasteiger partial charge >= 0.3 is 6.09 Å². The number of fused-ring (bicyclic) bond motifs is 1. The molecule has 1 aliphatic rings. The lowest BCUT2D eigenvalue weighted by molar-refractivity contribution is 0.00743. The predicted molar refractivity (Wildman–Crippen MR) is 114 cm³/mol. The molecule has 1 atom stereocenters. The molecule has 1 saturated heterocycles. The van der Waals surface area contributed by atoms with Gasteiger partial charge in [0.25, 0.3) is 0 Å². The van der Waals surface area contributed by atoms with Gasteiger partial charge in [0.15, 0.2) is 0 Å². The first-order chi connectivity index (χ1) is 14.2. The topological polar surface area (TPSA) is 84.7 Å². The number of nitriles is 1. The minimum atomic E-state index is -0.534. The molecule has 7 nitrogen and oxygen atoms in total. The summed E-state index contributed by atoms with van der Waals surface area (Å²) in [5.41, 5.74) is -0.0602. The van der Waals surface area contributed by atoms with Crippen molar-refractivity contribution in [2.24, 2.45) is 0 Å². The number of hydrogen-bond acceptors (Lipinski definition) is 6. The first kappa shape index (κ1) is 21.7. The number of rotatable bonds is 4. The Hall–Kier alpha value is -3.01. The number of amides is 1. The van der Waals surface area contributed by atoms with E-state index < -0.39 is 5.60 Å². The van der Waals surface area contributed by atoms with Gasteiger partial charge < -0.3 is 19.1 Å². The van der Waals surface area contributed by atoms with Crippen molar-refractivity contribution in [3.8, 4) is 17.7 Å². The number of ether oxygens (including phenoxy) is 3. The molecule has 0 aliphatic carbocycles. The van der Waals surface area contributed by atoms with Gasteiger partial charge in [-0.2, -0.15) is 5.26 Å². The molecule has 1 amide bonds. The number of benzene rings is 1. The monoisotopic (exact) mass is 411 g/mol. The summed E-state index contributed by atoms with van der Waals surface area (Å²) in [6.07, 6.45) is 2.74. The fourth-order valence-electron chi connectivity index (χ4n) is 3.39. The quantitative estimate of drug-likeness (QED) is 0.727. The van der Waals surface area contributed by atoms with Crippen LogP contribution in [0.25, 0.3) is 10.8 Å². The molecule has 0 saturated carbocycles. The summed E-state index contributed by atoms with van der Waals surface area (Å²) in [5, 5.41) is 11.1. The molecule has 0 radical (unpaired) electrons. The van der Waals surface area contributed by atoms with Gasteiger partial charge in [0, 0.05) is 18.1 Å². The minimum absolute atomic E-state index is 0.0590. The average Bonchev–Trinajstić information content (AvgIpc) is 2.66. The van der Waals surface area contributed by atoms with Crippen LogP contribution in [0.5, 0.6) is 11.6 Å². The Bertz CT molecular complexity index is 959. The SMILES string of the molecule is CC(C)Oc1cc2c(OC3CCCN(C(=O)OC(C)(C)C)C3)nccc2cc1C#N. The third-order valence-electron chi connectivity index (χ3n) is 4.62. The van der Waals surface area contributed by atoms with Gasteiger partial charge in [-0.25, -0.2) is 9.78 Å². The van der Waals surface area contributed by atoms with Crippen LogP contribution in [0.3, 0.4) is 0 Å². The van der Waals surface area contributed by atoms with Gasteiger partial charge in [-0.05, 0) is 71.0 Å². The van der Waals surface area contributed by atoms with Gasteiger partial charge in [0.05, 0.1) is 18.2 Å². The zero-order valence-electron chi connectivity index (χ0n) is 18.3. The minimum Gasteiger partial charge on any atom is -0.490 e. The van der Waals surface area contributed by atoms with Crippen LogP contribution in [0.2, 0.25) is 0 Å². The second kappa shape index (κ2) is 8.78. The van der Waals surface area contributed by atoms with E-state index in [-0.39, 0.29) is 18.3 Å². The number of piperidine rings is 1. The van der Waals surface area contributed by atoms with E-state index in [1.165, 1.54) is 0 Å². The largest absolute Gasteiger partial charge is 0.490 e. The molecule has 160 valence electrons. The number of hydrogen-bond donors (Lipinski definition) is 0. The maximum Gasteiger partial charge on any atom is 0.410 e. The lowest BCUT2D eigenvalue weighted by atomic mass is 10.1. The normalized spacial score (nSPS) is 17.0. The molecule has 1 aromatic carbocycles. The molecular weight excluding hydrogens is 382 g/mol. The Labute approximate surface area is 177 Å². The van der Waals surface area contributed by atoms with Crippen molar-refractivity contribution < 1.29 is 19.0 Å². The number of likely N-dealkylation sites (tertiary alicyclic amines) is 1. The molecule has 0 N–H and O–H groups in total. The third-order valence-corrected chi connectivity index (χ3v) is 4.62. The number of aromatic nitrogens is 1. The first-order valence-electron chi connectivity index (χ1n) is 10.3. The fourth-order valence-corrected chi connectivity index (χ4v) is 3.39. The lowest BCUT2D eigenvalue weighted by Gasteiger charge is -2.34. The fraction of sp³-hybridized carbons (Fsp3) is 0.522. The zero-order valence-corrected chi connectivity index (χ0v) is 18.3. The summed E-state index contributed by atoms with van der Waals surface area (Å²) < 4.78 is 17.5. The standard InChI is InChI=1S/C23H29N3O4/c1-15(2)28-20-12-19-16(11-17(20)13-24)8-9-25-21(19)29-18-7-6-10-26(14-18)22(27)30-23(3,4)5/h8-9,11-12,15,18H,6-7,10,14H2,1-5H3. The van der Waals surface area contributed by atoms with Crippen LogP contribution in [0, 0.1) is 11.3 Å². The van der Waals surface area contributed by atoms with Crippen LogP contribution in [0.15, 0.2) is 24.4 Å². The van der Waals surface area contributed by atoms with E-state index >= 15 is 0 Å². The van der Waals surface area contributed by atoms with Crippen molar-refractivity contribution in [3.05, 3.63) is 30.0 Å². The maximum atomic E-state index is 12.4. The van der Waals surface area contributed by atoms with E-state index in [9.17, 15) is 10.1 Å². The van der Waals surface area contributed by atoms with E-state index in [0.29, 0.717) is 30.3 Å². The van der Waals surface area contributed by atoms with Crippen LogP contribution >= 0.6 is 0 Å². The number of pyridine rings is 1. The smallest absolute Gasteiger partial charge is 0.410 e. The molecule has 0 bridgehead atoms. The highest BCUT2D eigenvalue weighted by atomic mass is 16.6. The van der Waals surface area contributed by atoms with Crippen molar-refractivity contribution in [2.75, 3.05) is 13.1 Å². The van der Waals surface area contributed by atoms with Crippen LogP contribution in [-0.4, -0.2) is 46.9 Å². The molecule has 1 aliphatic heterocycles. The zero-order chi connectivity index (χ0) is 21.9. The van der Waals surface area contributed by atoms with Gasteiger partial charge in [-0.15, -0.1) is 0 Å².